The maximum Gasteiger partial charge on any atom is 0.333 e. The third-order valence-electron chi connectivity index (χ3n) is 9.58. The summed E-state index contributed by atoms with van der Waals surface area (Å²) in [6.45, 7) is 0. The van der Waals surface area contributed by atoms with E-state index in [1.165, 1.54) is 0 Å². The number of ether oxygens (including phenoxy) is 1. The molecule has 10 rings (SSSR count). The van der Waals surface area contributed by atoms with E-state index in [0.717, 1.165) is 61.2 Å². The molecular weight excluding hydrogens is 560 g/mol. The molecule has 4 atom stereocenters. The van der Waals surface area contributed by atoms with E-state index in [4.69, 9.17) is 4.74 Å². The van der Waals surface area contributed by atoms with Gasteiger partial charge in [0.1, 0.15) is 0 Å². The lowest BCUT2D eigenvalue weighted by Gasteiger charge is -2.56. The van der Waals surface area contributed by atoms with Crippen LogP contribution in [0.25, 0.3) is 33.4 Å². The van der Waals surface area contributed by atoms with Crippen LogP contribution in [-0.4, -0.2) is 16.3 Å². The quantitative estimate of drug-likeness (QED) is 0.122. The molecular formula is C36H21BrO3. The molecule has 1 fully saturated rings. The standard InChI is InChI=1S/C36H21BrO3/c37-36-32(33(38)40-34(36)39)29-24-14-7-8-17-27(24)35(36)30-25(15-9-16-26(29)30)28-22(20-10-3-1-4-11-20)18-19-23(31(28)35)21-12-5-2-6-13-21/h1-19,29,32H/t29-,32-,35+,36+/m0/s1. The minimum atomic E-state index is -1.27. The number of esters is 2. The first-order chi connectivity index (χ1) is 19.6. The van der Waals surface area contributed by atoms with Crippen molar-refractivity contribution in [1.82, 2.24) is 0 Å². The van der Waals surface area contributed by atoms with Crippen LogP contribution in [-0.2, 0) is 19.7 Å². The second kappa shape index (κ2) is 7.47. The second-order valence-electron chi connectivity index (χ2n) is 11.1. The van der Waals surface area contributed by atoms with Crippen LogP contribution < -0.4 is 0 Å². The summed E-state index contributed by atoms with van der Waals surface area (Å²) in [5.74, 6) is -1.90. The Morgan fingerprint density at radius 1 is 0.600 bits per heavy atom. The fourth-order valence-electron chi connectivity index (χ4n) is 8.31. The molecule has 5 aliphatic rings. The van der Waals surface area contributed by atoms with Crippen molar-refractivity contribution in [3.63, 3.8) is 0 Å². The zero-order valence-electron chi connectivity index (χ0n) is 21.2. The smallest absolute Gasteiger partial charge is 0.333 e. The molecule has 5 aromatic rings. The molecule has 2 bridgehead atoms. The van der Waals surface area contributed by atoms with Crippen LogP contribution in [0.1, 0.15) is 33.7 Å². The highest BCUT2D eigenvalue weighted by Gasteiger charge is 2.79. The van der Waals surface area contributed by atoms with Gasteiger partial charge in [-0.15, -0.1) is 0 Å². The molecule has 40 heavy (non-hydrogen) atoms. The zero-order chi connectivity index (χ0) is 26.8. The molecule has 1 saturated heterocycles. The molecule has 1 heterocycles. The van der Waals surface area contributed by atoms with Gasteiger partial charge in [0.15, 0.2) is 4.32 Å². The summed E-state index contributed by atoms with van der Waals surface area (Å²) >= 11 is 4.04. The summed E-state index contributed by atoms with van der Waals surface area (Å²) in [5, 5.41) is 0. The Morgan fingerprint density at radius 3 is 1.98 bits per heavy atom. The summed E-state index contributed by atoms with van der Waals surface area (Å²) in [4.78, 5) is 27.7. The fourth-order valence-corrected chi connectivity index (χ4v) is 9.45. The largest absolute Gasteiger partial charge is 0.392 e. The molecule has 4 aliphatic carbocycles. The van der Waals surface area contributed by atoms with Crippen molar-refractivity contribution in [3.8, 4) is 33.4 Å². The van der Waals surface area contributed by atoms with Crippen molar-refractivity contribution in [2.24, 2.45) is 5.92 Å². The first-order valence-electron chi connectivity index (χ1n) is 13.5. The molecule has 4 heteroatoms. The van der Waals surface area contributed by atoms with Gasteiger partial charge in [0.2, 0.25) is 0 Å². The van der Waals surface area contributed by atoms with Gasteiger partial charge < -0.3 is 4.74 Å². The molecule has 1 aliphatic heterocycles. The third-order valence-corrected chi connectivity index (χ3v) is 11.0. The molecule has 0 N–H and O–H groups in total. The Hall–Kier alpha value is -4.28. The first kappa shape index (κ1) is 22.5. The van der Waals surface area contributed by atoms with Gasteiger partial charge in [-0.2, -0.15) is 0 Å². The van der Waals surface area contributed by atoms with Crippen LogP contribution >= 0.6 is 15.9 Å². The van der Waals surface area contributed by atoms with Crippen LogP contribution in [0, 0.1) is 5.92 Å². The number of fused-ring (bicyclic) bond motifs is 2. The number of hydrogen-bond donors (Lipinski definition) is 0. The maximum atomic E-state index is 14.1. The van der Waals surface area contributed by atoms with Crippen LogP contribution in [0.4, 0.5) is 0 Å². The van der Waals surface area contributed by atoms with Crippen LogP contribution in [0.3, 0.4) is 0 Å². The van der Waals surface area contributed by atoms with Gasteiger partial charge in [-0.05, 0) is 61.2 Å². The normalized spacial score (nSPS) is 26.1. The average molecular weight is 581 g/mol. The van der Waals surface area contributed by atoms with Crippen molar-refractivity contribution in [1.29, 1.82) is 0 Å². The van der Waals surface area contributed by atoms with Crippen molar-refractivity contribution >= 4 is 27.9 Å². The Labute approximate surface area is 239 Å². The predicted molar refractivity (Wildman–Crippen MR) is 157 cm³/mol. The van der Waals surface area contributed by atoms with E-state index in [1.54, 1.807) is 0 Å². The summed E-state index contributed by atoms with van der Waals surface area (Å²) in [5.41, 5.74) is 11.1. The van der Waals surface area contributed by atoms with E-state index in [2.05, 4.69) is 94.8 Å². The summed E-state index contributed by atoms with van der Waals surface area (Å²) in [6, 6.07) is 39.9. The van der Waals surface area contributed by atoms with E-state index in [-0.39, 0.29) is 5.92 Å². The summed E-state index contributed by atoms with van der Waals surface area (Å²) in [6.07, 6.45) is 0. The molecule has 0 saturated carbocycles. The van der Waals surface area contributed by atoms with Gasteiger partial charge in [0, 0.05) is 5.92 Å². The van der Waals surface area contributed by atoms with E-state index < -0.39 is 27.6 Å². The number of hydrogen-bond acceptors (Lipinski definition) is 3. The van der Waals surface area contributed by atoms with Crippen molar-refractivity contribution in [2.45, 2.75) is 15.7 Å². The molecule has 0 radical (unpaired) electrons. The number of alkyl halides is 1. The lowest BCUT2D eigenvalue weighted by atomic mass is 9.46. The van der Waals surface area contributed by atoms with Gasteiger partial charge in [-0.3, -0.25) is 4.79 Å². The molecule has 0 aromatic heterocycles. The number of benzene rings is 5. The highest BCUT2D eigenvalue weighted by molar-refractivity contribution is 9.10. The Morgan fingerprint density at radius 2 is 1.23 bits per heavy atom. The molecule has 0 amide bonds. The molecule has 190 valence electrons. The van der Waals surface area contributed by atoms with Gasteiger partial charge in [-0.1, -0.05) is 131 Å². The number of halogens is 1. The zero-order valence-corrected chi connectivity index (χ0v) is 22.8. The van der Waals surface area contributed by atoms with Crippen molar-refractivity contribution < 1.29 is 14.3 Å². The Bertz CT molecular complexity index is 1950. The molecule has 0 unspecified atom stereocenters. The summed E-state index contributed by atoms with van der Waals surface area (Å²) in [7, 11) is 0. The number of cyclic esters (lactones) is 2. The number of carbonyl (C=O) groups excluding carboxylic acids is 2. The monoisotopic (exact) mass is 580 g/mol. The predicted octanol–water partition coefficient (Wildman–Crippen LogP) is 7.63. The number of rotatable bonds is 2. The lowest BCUT2D eigenvalue weighted by molar-refractivity contribution is -0.153. The minimum absolute atomic E-state index is 0.277. The second-order valence-corrected chi connectivity index (χ2v) is 12.4. The van der Waals surface area contributed by atoms with E-state index in [1.807, 2.05) is 36.4 Å². The van der Waals surface area contributed by atoms with Crippen molar-refractivity contribution in [2.75, 3.05) is 0 Å². The maximum absolute atomic E-state index is 14.1. The average Bonchev–Trinajstić information content (AvgIpc) is 3.45. The van der Waals surface area contributed by atoms with Gasteiger partial charge >= 0.3 is 11.9 Å². The van der Waals surface area contributed by atoms with E-state index in [0.29, 0.717) is 0 Å². The van der Waals surface area contributed by atoms with E-state index >= 15 is 0 Å². The van der Waals surface area contributed by atoms with Crippen LogP contribution in [0.5, 0.6) is 0 Å². The van der Waals surface area contributed by atoms with Gasteiger partial charge in [0.05, 0.1) is 11.3 Å². The Balaban J connectivity index is 1.55. The molecule has 1 spiro atoms. The third kappa shape index (κ3) is 2.32. The number of carbonyl (C=O) groups is 2. The van der Waals surface area contributed by atoms with Gasteiger partial charge in [-0.25, -0.2) is 4.79 Å². The molecule has 3 nitrogen and oxygen atoms in total. The van der Waals surface area contributed by atoms with Crippen molar-refractivity contribution in [3.05, 3.63) is 143 Å². The van der Waals surface area contributed by atoms with E-state index in [9.17, 15) is 9.59 Å². The van der Waals surface area contributed by atoms with Crippen LogP contribution in [0.2, 0.25) is 0 Å². The molecule has 5 aromatic carbocycles. The van der Waals surface area contributed by atoms with Gasteiger partial charge in [0.25, 0.3) is 0 Å². The summed E-state index contributed by atoms with van der Waals surface area (Å²) < 4.78 is 4.28. The highest BCUT2D eigenvalue weighted by Crippen LogP contribution is 2.76. The topological polar surface area (TPSA) is 43.4 Å². The Kier molecular flexibility index (Phi) is 4.20. The lowest BCUT2D eigenvalue weighted by Crippen LogP contribution is -2.63. The SMILES string of the molecule is O=C1OC(=O)[C@]2(Br)[C@H]1[C@H]1c3ccccc3[C@]23c2c(cccc21)-c1c(-c2ccccc2)ccc(-c2ccccc2)c13. The van der Waals surface area contributed by atoms with Crippen LogP contribution in [0.15, 0.2) is 115 Å². The highest BCUT2D eigenvalue weighted by atomic mass is 79.9. The fraction of sp³-hybridized carbons (Fsp3) is 0.111. The first-order valence-corrected chi connectivity index (χ1v) is 14.3. The minimum Gasteiger partial charge on any atom is -0.392 e.